The summed E-state index contributed by atoms with van der Waals surface area (Å²) in [6.07, 6.45) is 1.75. The summed E-state index contributed by atoms with van der Waals surface area (Å²) in [5.41, 5.74) is 2.65. The molecule has 0 aliphatic rings. The minimum absolute atomic E-state index is 0.294. The summed E-state index contributed by atoms with van der Waals surface area (Å²) in [6, 6.07) is 21.4. The molecule has 2 unspecified atom stereocenters. The van der Waals surface area contributed by atoms with E-state index in [4.69, 9.17) is 11.6 Å². The number of aromatic nitrogens is 1. The number of aryl methyl sites for hydroxylation is 1. The molecule has 0 saturated carbocycles. The van der Waals surface area contributed by atoms with Gasteiger partial charge in [0.2, 0.25) is 0 Å². The molecule has 0 fully saturated rings. The molecule has 0 spiro atoms. The van der Waals surface area contributed by atoms with Crippen LogP contribution in [0.25, 0.3) is 0 Å². The van der Waals surface area contributed by atoms with Gasteiger partial charge in [0.05, 0.1) is 17.2 Å². The van der Waals surface area contributed by atoms with Crippen molar-refractivity contribution in [2.45, 2.75) is 25.4 Å². The number of nitrogens with zero attached hydrogens (tertiary/aromatic N) is 1. The molecule has 3 aromatic rings. The molecular formula is C21H20ClNO. The van der Waals surface area contributed by atoms with Crippen molar-refractivity contribution in [1.82, 2.24) is 4.98 Å². The molecule has 0 radical (unpaired) electrons. The Morgan fingerprint density at radius 1 is 1.00 bits per heavy atom. The van der Waals surface area contributed by atoms with Gasteiger partial charge in [0, 0.05) is 11.2 Å². The van der Waals surface area contributed by atoms with E-state index in [0.29, 0.717) is 5.02 Å². The van der Waals surface area contributed by atoms with Crippen LogP contribution in [0.4, 0.5) is 0 Å². The maximum Gasteiger partial charge on any atom is 0.0992 e. The Morgan fingerprint density at radius 2 is 1.75 bits per heavy atom. The molecule has 2 nitrogen and oxygen atoms in total. The smallest absolute Gasteiger partial charge is 0.0992 e. The van der Waals surface area contributed by atoms with Crippen LogP contribution >= 0.6 is 11.6 Å². The van der Waals surface area contributed by atoms with Gasteiger partial charge in [-0.15, -0.1) is 0 Å². The number of halogens is 1. The van der Waals surface area contributed by atoms with Gasteiger partial charge in [0.15, 0.2) is 0 Å². The summed E-state index contributed by atoms with van der Waals surface area (Å²) in [7, 11) is 0. The van der Waals surface area contributed by atoms with Crippen molar-refractivity contribution in [3.05, 3.63) is 100 Å². The second kappa shape index (κ2) is 6.76. The number of aliphatic hydroxyl groups is 1. The van der Waals surface area contributed by atoms with Crippen LogP contribution in [0.3, 0.4) is 0 Å². The van der Waals surface area contributed by atoms with Crippen molar-refractivity contribution in [1.29, 1.82) is 0 Å². The zero-order chi connectivity index (χ0) is 17.2. The largest absolute Gasteiger partial charge is 0.384 e. The topological polar surface area (TPSA) is 33.1 Å². The minimum atomic E-state index is -1.14. The van der Waals surface area contributed by atoms with Crippen LogP contribution < -0.4 is 0 Å². The molecule has 1 heterocycles. The van der Waals surface area contributed by atoms with Crippen LogP contribution in [0.5, 0.6) is 0 Å². The normalized spacial score (nSPS) is 14.8. The fourth-order valence-electron chi connectivity index (χ4n) is 3.06. The summed E-state index contributed by atoms with van der Waals surface area (Å²) in [6.45, 7) is 3.87. The van der Waals surface area contributed by atoms with E-state index in [1.54, 1.807) is 6.20 Å². The minimum Gasteiger partial charge on any atom is -0.384 e. The van der Waals surface area contributed by atoms with Crippen molar-refractivity contribution in [3.63, 3.8) is 0 Å². The predicted octanol–water partition coefficient (Wildman–Crippen LogP) is 5.08. The van der Waals surface area contributed by atoms with E-state index in [0.717, 1.165) is 16.8 Å². The molecular weight excluding hydrogens is 318 g/mol. The first-order valence-electron chi connectivity index (χ1n) is 7.94. The maximum absolute atomic E-state index is 11.4. The SMILES string of the molecule is Cc1ccc(C(c2ccccn2)C(C)(O)c2cccc(Cl)c2)cc1. The van der Waals surface area contributed by atoms with Crippen LogP contribution in [-0.4, -0.2) is 10.1 Å². The van der Waals surface area contributed by atoms with Crippen LogP contribution in [0.2, 0.25) is 5.02 Å². The zero-order valence-corrected chi connectivity index (χ0v) is 14.5. The highest BCUT2D eigenvalue weighted by Gasteiger charge is 2.37. The van der Waals surface area contributed by atoms with Gasteiger partial charge in [-0.1, -0.05) is 59.6 Å². The quantitative estimate of drug-likeness (QED) is 0.720. The van der Waals surface area contributed by atoms with Gasteiger partial charge < -0.3 is 5.11 Å². The van der Waals surface area contributed by atoms with Crippen LogP contribution in [0.15, 0.2) is 72.9 Å². The lowest BCUT2D eigenvalue weighted by atomic mass is 9.76. The fourth-order valence-corrected chi connectivity index (χ4v) is 3.25. The summed E-state index contributed by atoms with van der Waals surface area (Å²) in [5.74, 6) is -0.294. The van der Waals surface area contributed by atoms with Crippen molar-refractivity contribution in [2.75, 3.05) is 0 Å². The monoisotopic (exact) mass is 337 g/mol. The molecule has 122 valence electrons. The van der Waals surface area contributed by atoms with Gasteiger partial charge in [-0.25, -0.2) is 0 Å². The standard InChI is InChI=1S/C21H20ClNO/c1-15-9-11-16(12-10-15)20(19-8-3-4-13-23-19)21(2,24)17-6-5-7-18(22)14-17/h3-14,20,24H,1-2H3. The lowest BCUT2D eigenvalue weighted by molar-refractivity contribution is 0.0380. The molecule has 0 amide bonds. The Bertz CT molecular complexity index is 813. The third kappa shape index (κ3) is 3.35. The van der Waals surface area contributed by atoms with E-state index in [2.05, 4.69) is 24.0 Å². The number of pyridine rings is 1. The third-order valence-electron chi connectivity index (χ3n) is 4.37. The van der Waals surface area contributed by atoms with Gasteiger partial charge in [0.1, 0.15) is 0 Å². The molecule has 0 aliphatic carbocycles. The molecule has 3 heteroatoms. The van der Waals surface area contributed by atoms with E-state index >= 15 is 0 Å². The molecule has 1 N–H and O–H groups in total. The van der Waals surface area contributed by atoms with E-state index in [1.165, 1.54) is 5.56 Å². The molecule has 2 aromatic carbocycles. The number of hydrogen-bond donors (Lipinski definition) is 1. The highest BCUT2D eigenvalue weighted by Crippen LogP contribution is 2.41. The third-order valence-corrected chi connectivity index (χ3v) is 4.60. The average molecular weight is 338 g/mol. The highest BCUT2D eigenvalue weighted by atomic mass is 35.5. The fraction of sp³-hybridized carbons (Fsp3) is 0.190. The first-order chi connectivity index (χ1) is 11.5. The summed E-state index contributed by atoms with van der Waals surface area (Å²) < 4.78 is 0. The molecule has 0 bridgehead atoms. The zero-order valence-electron chi connectivity index (χ0n) is 13.8. The van der Waals surface area contributed by atoms with E-state index in [1.807, 2.05) is 61.5 Å². The lowest BCUT2D eigenvalue weighted by Gasteiger charge is -2.34. The molecule has 0 saturated heterocycles. The van der Waals surface area contributed by atoms with Gasteiger partial charge in [-0.2, -0.15) is 0 Å². The highest BCUT2D eigenvalue weighted by molar-refractivity contribution is 6.30. The van der Waals surface area contributed by atoms with Crippen molar-refractivity contribution in [2.24, 2.45) is 0 Å². The van der Waals surface area contributed by atoms with E-state index in [9.17, 15) is 5.11 Å². The van der Waals surface area contributed by atoms with Crippen LogP contribution in [-0.2, 0) is 5.60 Å². The second-order valence-electron chi connectivity index (χ2n) is 6.26. The molecule has 24 heavy (non-hydrogen) atoms. The Labute approximate surface area is 147 Å². The summed E-state index contributed by atoms with van der Waals surface area (Å²) >= 11 is 6.14. The Morgan fingerprint density at radius 3 is 2.38 bits per heavy atom. The maximum atomic E-state index is 11.4. The average Bonchev–Trinajstić information content (AvgIpc) is 2.58. The van der Waals surface area contributed by atoms with E-state index in [-0.39, 0.29) is 5.92 Å². The van der Waals surface area contributed by atoms with Gasteiger partial charge >= 0.3 is 0 Å². The van der Waals surface area contributed by atoms with Gasteiger partial charge in [-0.05, 0) is 49.2 Å². The van der Waals surface area contributed by atoms with Crippen molar-refractivity contribution < 1.29 is 5.11 Å². The van der Waals surface area contributed by atoms with Crippen LogP contribution in [0.1, 0.15) is 35.2 Å². The number of rotatable bonds is 4. The Balaban J connectivity index is 2.15. The molecule has 1 aromatic heterocycles. The summed E-state index contributed by atoms with van der Waals surface area (Å²) in [5, 5.41) is 12.1. The Hall–Kier alpha value is -2.16. The first-order valence-corrected chi connectivity index (χ1v) is 8.32. The van der Waals surface area contributed by atoms with E-state index < -0.39 is 5.60 Å². The van der Waals surface area contributed by atoms with Crippen LogP contribution in [0, 0.1) is 6.92 Å². The molecule has 3 rings (SSSR count). The van der Waals surface area contributed by atoms with Crippen molar-refractivity contribution >= 4 is 11.6 Å². The molecule has 0 aliphatic heterocycles. The van der Waals surface area contributed by atoms with Crippen molar-refractivity contribution in [3.8, 4) is 0 Å². The number of benzene rings is 2. The molecule has 2 atom stereocenters. The summed E-state index contributed by atoms with van der Waals surface area (Å²) in [4.78, 5) is 4.50. The Kier molecular flexibility index (Phi) is 4.70. The second-order valence-corrected chi connectivity index (χ2v) is 6.69. The van der Waals surface area contributed by atoms with Gasteiger partial charge in [0.25, 0.3) is 0 Å². The van der Waals surface area contributed by atoms with Gasteiger partial charge in [-0.3, -0.25) is 4.98 Å². The lowest BCUT2D eigenvalue weighted by Crippen LogP contribution is -2.31. The number of hydrogen-bond acceptors (Lipinski definition) is 2. The first kappa shape index (κ1) is 16.7. The predicted molar refractivity (Wildman–Crippen MR) is 98.3 cm³/mol.